The van der Waals surface area contributed by atoms with Crippen LogP contribution in [0.4, 0.5) is 0 Å². The maximum atomic E-state index is 5.76. The van der Waals surface area contributed by atoms with Gasteiger partial charge >= 0.3 is 0 Å². The summed E-state index contributed by atoms with van der Waals surface area (Å²) < 4.78 is 11.1. The molecule has 0 aromatic heterocycles. The van der Waals surface area contributed by atoms with Crippen LogP contribution in [-0.2, 0) is 11.2 Å². The topological polar surface area (TPSA) is 30.5 Å². The Morgan fingerprint density at radius 1 is 1.20 bits per heavy atom. The van der Waals surface area contributed by atoms with Crippen molar-refractivity contribution >= 4 is 0 Å². The first kappa shape index (κ1) is 17.0. The lowest BCUT2D eigenvalue weighted by atomic mass is 9.82. The minimum atomic E-state index is 0.0977. The molecule has 1 N–H and O–H groups in total. The molecule has 2 atom stereocenters. The quantitative estimate of drug-likeness (QED) is 0.831. The third-order valence-corrected chi connectivity index (χ3v) is 3.53. The van der Waals surface area contributed by atoms with Gasteiger partial charge in [0.15, 0.2) is 0 Å². The van der Waals surface area contributed by atoms with Crippen LogP contribution in [0.2, 0.25) is 0 Å². The van der Waals surface area contributed by atoms with Crippen LogP contribution in [0.1, 0.15) is 33.3 Å². The fraction of sp³-hybridized carbons (Fsp3) is 0.647. The van der Waals surface area contributed by atoms with Gasteiger partial charge in [-0.15, -0.1) is 0 Å². The molecule has 0 spiro atoms. The van der Waals surface area contributed by atoms with E-state index in [9.17, 15) is 0 Å². The lowest BCUT2D eigenvalue weighted by Crippen LogP contribution is -2.48. The van der Waals surface area contributed by atoms with E-state index in [0.29, 0.717) is 0 Å². The molecule has 0 saturated carbocycles. The van der Waals surface area contributed by atoms with Gasteiger partial charge in [-0.25, -0.2) is 0 Å². The number of likely N-dealkylation sites (N-methyl/N-ethyl adjacent to an activating group) is 1. The molecule has 1 aromatic rings. The Kier molecular flexibility index (Phi) is 6.50. The van der Waals surface area contributed by atoms with Crippen molar-refractivity contribution in [2.75, 3.05) is 20.8 Å². The number of rotatable bonds is 7. The van der Waals surface area contributed by atoms with Crippen molar-refractivity contribution in [2.24, 2.45) is 5.41 Å². The van der Waals surface area contributed by atoms with Crippen molar-refractivity contribution in [1.82, 2.24) is 5.32 Å². The largest absolute Gasteiger partial charge is 0.497 e. The van der Waals surface area contributed by atoms with E-state index in [1.54, 1.807) is 14.2 Å². The zero-order valence-corrected chi connectivity index (χ0v) is 13.7. The zero-order chi connectivity index (χ0) is 15.2. The second kappa shape index (κ2) is 7.65. The van der Waals surface area contributed by atoms with Crippen LogP contribution < -0.4 is 10.1 Å². The van der Waals surface area contributed by atoms with Crippen molar-refractivity contribution in [1.29, 1.82) is 0 Å². The highest BCUT2D eigenvalue weighted by Gasteiger charge is 2.31. The SMILES string of the molecule is CCNC(Cc1cccc(OC)c1)C(OC)C(C)(C)C. The Labute approximate surface area is 123 Å². The lowest BCUT2D eigenvalue weighted by Gasteiger charge is -2.36. The summed E-state index contributed by atoms with van der Waals surface area (Å²) >= 11 is 0. The monoisotopic (exact) mass is 279 g/mol. The van der Waals surface area contributed by atoms with Crippen LogP contribution in [0.25, 0.3) is 0 Å². The minimum absolute atomic E-state index is 0.0977. The van der Waals surface area contributed by atoms with Crippen molar-refractivity contribution in [2.45, 2.75) is 46.3 Å². The number of hydrogen-bond acceptors (Lipinski definition) is 3. The highest BCUT2D eigenvalue weighted by atomic mass is 16.5. The molecular weight excluding hydrogens is 250 g/mol. The molecular formula is C17H29NO2. The first-order chi connectivity index (χ1) is 9.42. The average Bonchev–Trinajstić information content (AvgIpc) is 2.38. The summed E-state index contributed by atoms with van der Waals surface area (Å²) in [6.07, 6.45) is 1.09. The summed E-state index contributed by atoms with van der Waals surface area (Å²) in [5, 5.41) is 3.56. The van der Waals surface area contributed by atoms with Gasteiger partial charge in [-0.2, -0.15) is 0 Å². The molecule has 0 radical (unpaired) electrons. The molecule has 2 unspecified atom stereocenters. The Morgan fingerprint density at radius 2 is 1.90 bits per heavy atom. The molecule has 0 saturated heterocycles. The van der Waals surface area contributed by atoms with Crippen LogP contribution in [0.3, 0.4) is 0 Å². The molecule has 0 amide bonds. The summed E-state index contributed by atoms with van der Waals surface area (Å²) in [5.41, 5.74) is 1.36. The average molecular weight is 279 g/mol. The lowest BCUT2D eigenvalue weighted by molar-refractivity contribution is -0.0106. The predicted molar refractivity (Wildman–Crippen MR) is 84.4 cm³/mol. The highest BCUT2D eigenvalue weighted by Crippen LogP contribution is 2.26. The summed E-state index contributed by atoms with van der Waals surface area (Å²) in [5.74, 6) is 0.905. The van der Waals surface area contributed by atoms with E-state index in [4.69, 9.17) is 9.47 Å². The summed E-state index contributed by atoms with van der Waals surface area (Å²) in [6, 6.07) is 8.54. The van der Waals surface area contributed by atoms with Crippen molar-refractivity contribution in [3.63, 3.8) is 0 Å². The Hall–Kier alpha value is -1.06. The van der Waals surface area contributed by atoms with Gasteiger partial charge in [-0.3, -0.25) is 0 Å². The van der Waals surface area contributed by atoms with Crippen LogP contribution in [0.5, 0.6) is 5.75 Å². The van der Waals surface area contributed by atoms with Crippen molar-refractivity contribution < 1.29 is 9.47 Å². The molecule has 1 rings (SSSR count). The van der Waals surface area contributed by atoms with Gasteiger partial charge in [0.1, 0.15) is 5.75 Å². The molecule has 0 bridgehead atoms. The predicted octanol–water partition coefficient (Wildman–Crippen LogP) is 3.28. The molecule has 20 heavy (non-hydrogen) atoms. The van der Waals surface area contributed by atoms with Gasteiger partial charge in [0.25, 0.3) is 0 Å². The van der Waals surface area contributed by atoms with Crippen LogP contribution in [0.15, 0.2) is 24.3 Å². The third kappa shape index (κ3) is 4.80. The van der Waals surface area contributed by atoms with E-state index in [0.717, 1.165) is 18.7 Å². The maximum Gasteiger partial charge on any atom is 0.119 e. The fourth-order valence-electron chi connectivity index (χ4n) is 2.72. The molecule has 0 heterocycles. The fourth-order valence-corrected chi connectivity index (χ4v) is 2.72. The van der Waals surface area contributed by atoms with Crippen molar-refractivity contribution in [3.05, 3.63) is 29.8 Å². The van der Waals surface area contributed by atoms with Gasteiger partial charge < -0.3 is 14.8 Å². The maximum absolute atomic E-state index is 5.76. The summed E-state index contributed by atoms with van der Waals surface area (Å²) in [4.78, 5) is 0. The molecule has 0 aliphatic carbocycles. The third-order valence-electron chi connectivity index (χ3n) is 3.53. The second-order valence-corrected chi connectivity index (χ2v) is 6.24. The van der Waals surface area contributed by atoms with Gasteiger partial charge in [0.05, 0.1) is 13.2 Å². The molecule has 3 nitrogen and oxygen atoms in total. The standard InChI is InChI=1S/C17H29NO2/c1-7-18-15(16(20-6)17(2,3)4)12-13-9-8-10-14(11-13)19-5/h8-11,15-16,18H,7,12H2,1-6H3. The van der Waals surface area contributed by atoms with E-state index < -0.39 is 0 Å². The summed E-state index contributed by atoms with van der Waals surface area (Å²) in [7, 11) is 3.50. The molecule has 114 valence electrons. The Morgan fingerprint density at radius 3 is 2.40 bits per heavy atom. The first-order valence-electron chi connectivity index (χ1n) is 7.31. The van der Waals surface area contributed by atoms with E-state index >= 15 is 0 Å². The second-order valence-electron chi connectivity index (χ2n) is 6.24. The first-order valence-corrected chi connectivity index (χ1v) is 7.31. The number of nitrogens with one attached hydrogen (secondary N) is 1. The van der Waals surface area contributed by atoms with E-state index in [2.05, 4.69) is 45.1 Å². The number of benzene rings is 1. The van der Waals surface area contributed by atoms with E-state index in [1.165, 1.54) is 5.56 Å². The molecule has 1 aromatic carbocycles. The molecule has 0 fully saturated rings. The molecule has 0 aliphatic rings. The van der Waals surface area contributed by atoms with Gasteiger partial charge in [0.2, 0.25) is 0 Å². The highest BCUT2D eigenvalue weighted by molar-refractivity contribution is 5.29. The van der Waals surface area contributed by atoms with Gasteiger partial charge in [0, 0.05) is 13.2 Å². The number of ether oxygens (including phenoxy) is 2. The van der Waals surface area contributed by atoms with Gasteiger partial charge in [-0.05, 0) is 36.1 Å². The van der Waals surface area contributed by atoms with Gasteiger partial charge in [-0.1, -0.05) is 39.8 Å². The molecule has 0 aliphatic heterocycles. The van der Waals surface area contributed by atoms with Crippen LogP contribution in [0, 0.1) is 5.41 Å². The van der Waals surface area contributed by atoms with E-state index in [-0.39, 0.29) is 17.6 Å². The number of hydrogen-bond donors (Lipinski definition) is 1. The van der Waals surface area contributed by atoms with Crippen molar-refractivity contribution in [3.8, 4) is 5.75 Å². The minimum Gasteiger partial charge on any atom is -0.497 e. The zero-order valence-electron chi connectivity index (χ0n) is 13.7. The Balaban J connectivity index is 2.90. The Bertz CT molecular complexity index is 398. The van der Waals surface area contributed by atoms with E-state index in [1.807, 2.05) is 12.1 Å². The normalized spacial score (nSPS) is 14.9. The smallest absolute Gasteiger partial charge is 0.119 e. The summed E-state index contributed by atoms with van der Waals surface area (Å²) in [6.45, 7) is 9.73. The van der Waals surface area contributed by atoms with Crippen LogP contribution in [-0.4, -0.2) is 32.9 Å². The van der Waals surface area contributed by atoms with Crippen LogP contribution >= 0.6 is 0 Å². The molecule has 3 heteroatoms. The number of methoxy groups -OCH3 is 2.